The molecule has 6 rings (SSSR count). The van der Waals surface area contributed by atoms with Crippen molar-refractivity contribution in [1.29, 1.82) is 0 Å². The van der Waals surface area contributed by atoms with E-state index in [0.29, 0.717) is 12.8 Å². The van der Waals surface area contributed by atoms with Crippen molar-refractivity contribution in [2.45, 2.75) is 75.4 Å². The molecule has 26 heteroatoms. The monoisotopic (exact) mass is 852 g/mol. The predicted octanol–water partition coefficient (Wildman–Crippen LogP) is 6.29. The van der Waals surface area contributed by atoms with E-state index in [9.17, 15) is 71.9 Å². The van der Waals surface area contributed by atoms with Gasteiger partial charge in [0.15, 0.2) is 11.6 Å². The Morgan fingerprint density at radius 2 is 0.897 bits per heavy atom. The van der Waals surface area contributed by atoms with Gasteiger partial charge in [-0.2, -0.15) is 62.9 Å². The fraction of sp³-hybridized carbons (Fsp3) is 0.625. The third kappa shape index (κ3) is 10.6. The van der Waals surface area contributed by atoms with Crippen LogP contribution in [0.15, 0.2) is 36.7 Å². The van der Waals surface area contributed by atoms with Crippen molar-refractivity contribution in [2.75, 3.05) is 36.8 Å². The Bertz CT molecular complexity index is 1630. The van der Waals surface area contributed by atoms with Crippen molar-refractivity contribution in [3.63, 3.8) is 0 Å². The number of ether oxygens (including phenoxy) is 2. The van der Waals surface area contributed by atoms with Gasteiger partial charge in [0.2, 0.25) is 11.8 Å². The van der Waals surface area contributed by atoms with Gasteiger partial charge in [-0.3, -0.25) is 9.59 Å². The minimum atomic E-state index is -5.76. The van der Waals surface area contributed by atoms with E-state index in [1.54, 1.807) is 24.3 Å². The number of alkyl halides is 12. The van der Waals surface area contributed by atoms with Gasteiger partial charge in [-0.15, -0.1) is 10.2 Å². The van der Waals surface area contributed by atoms with Crippen molar-refractivity contribution >= 4 is 35.6 Å². The van der Waals surface area contributed by atoms with Crippen LogP contribution in [0.5, 0.6) is 0 Å². The molecule has 2 aromatic rings. The molecule has 2 saturated carbocycles. The van der Waals surface area contributed by atoms with E-state index in [4.69, 9.17) is 0 Å². The van der Waals surface area contributed by atoms with Crippen molar-refractivity contribution < 1.29 is 81.3 Å². The van der Waals surface area contributed by atoms with Crippen LogP contribution in [0.1, 0.15) is 38.5 Å². The molecule has 4 aliphatic rings. The van der Waals surface area contributed by atoms with Gasteiger partial charge in [0.05, 0.1) is 0 Å². The second-order valence-corrected chi connectivity index (χ2v) is 14.1. The summed E-state index contributed by atoms with van der Waals surface area (Å²) in [5.41, 5.74) is -0.868. The molecule has 320 valence electrons. The van der Waals surface area contributed by atoms with Crippen molar-refractivity contribution in [3.05, 3.63) is 36.7 Å². The van der Waals surface area contributed by atoms with Crippen LogP contribution in [0.4, 0.5) is 73.9 Å². The molecule has 2 aromatic heterocycles. The van der Waals surface area contributed by atoms with E-state index in [2.05, 4.69) is 40.5 Å². The average Bonchev–Trinajstić information content (AvgIpc) is 4.04. The highest BCUT2D eigenvalue weighted by atomic mass is 19.4. The Morgan fingerprint density at radius 3 is 1.16 bits per heavy atom. The van der Waals surface area contributed by atoms with Gasteiger partial charge in [0.1, 0.15) is 0 Å². The number of halogens is 12. The van der Waals surface area contributed by atoms with Crippen molar-refractivity contribution in [2.24, 2.45) is 22.7 Å². The maximum Gasteiger partial charge on any atom is 0.434 e. The number of nitrogens with one attached hydrogen (secondary N) is 2. The molecule has 0 bridgehead atoms. The van der Waals surface area contributed by atoms with Crippen LogP contribution in [-0.4, -0.2) is 117 Å². The third-order valence-corrected chi connectivity index (χ3v) is 10.3. The van der Waals surface area contributed by atoms with Gasteiger partial charge in [0, 0.05) is 50.4 Å². The number of aromatic nitrogens is 4. The lowest BCUT2D eigenvalue weighted by atomic mass is 9.91. The quantitative estimate of drug-likeness (QED) is 0.315. The highest BCUT2D eigenvalue weighted by molar-refractivity contribution is 5.95. The predicted molar refractivity (Wildman–Crippen MR) is 169 cm³/mol. The Labute approximate surface area is 319 Å². The van der Waals surface area contributed by atoms with Crippen molar-refractivity contribution in [3.8, 4) is 0 Å². The summed E-state index contributed by atoms with van der Waals surface area (Å²) < 4.78 is 158. The van der Waals surface area contributed by atoms with Gasteiger partial charge >= 0.3 is 36.9 Å². The molecule has 2 atom stereocenters. The molecule has 2 N–H and O–H groups in total. The van der Waals surface area contributed by atoms with Gasteiger partial charge in [-0.25, -0.2) is 9.59 Å². The molecule has 0 aromatic carbocycles. The zero-order valence-electron chi connectivity index (χ0n) is 29.5. The third-order valence-electron chi connectivity index (χ3n) is 10.3. The number of hydrogen-bond acceptors (Lipinski definition) is 10. The van der Waals surface area contributed by atoms with Crippen LogP contribution in [0.2, 0.25) is 0 Å². The molecule has 2 spiro atoms. The highest BCUT2D eigenvalue weighted by Crippen LogP contribution is 2.60. The number of rotatable bonds is 6. The first-order chi connectivity index (χ1) is 26.8. The average molecular weight is 853 g/mol. The number of likely N-dealkylation sites (tertiary alicyclic amines) is 2. The normalized spacial score (nSPS) is 21.2. The van der Waals surface area contributed by atoms with E-state index in [0.717, 1.165) is 9.80 Å². The van der Waals surface area contributed by atoms with Gasteiger partial charge < -0.3 is 29.9 Å². The maximum atomic E-state index is 12.5. The van der Waals surface area contributed by atoms with Gasteiger partial charge in [-0.05, 0) is 73.6 Å². The van der Waals surface area contributed by atoms with Crippen LogP contribution in [0.25, 0.3) is 0 Å². The topological polar surface area (TPSA) is 169 Å². The number of carbonyl (C=O) groups is 4. The summed E-state index contributed by atoms with van der Waals surface area (Å²) in [6.45, 7) is -0.404. The molecule has 4 heterocycles. The summed E-state index contributed by atoms with van der Waals surface area (Å²) >= 11 is 0. The Balaban J connectivity index is 0.000000221. The van der Waals surface area contributed by atoms with E-state index in [-0.39, 0.29) is 87.1 Å². The van der Waals surface area contributed by atoms with E-state index in [1.165, 1.54) is 12.4 Å². The number of carbonyl (C=O) groups excluding carboxylic acids is 4. The molecule has 2 aliphatic heterocycles. The molecule has 0 unspecified atom stereocenters. The largest absolute Gasteiger partial charge is 0.434 e. The summed E-state index contributed by atoms with van der Waals surface area (Å²) in [4.78, 5) is 49.8. The van der Waals surface area contributed by atoms with E-state index < -0.39 is 59.9 Å². The first-order valence-electron chi connectivity index (χ1n) is 17.2. The Kier molecular flexibility index (Phi) is 12.3. The minimum Gasteiger partial charge on any atom is -0.426 e. The summed E-state index contributed by atoms with van der Waals surface area (Å²) in [7, 11) is 0. The Hall–Kier alpha value is -5.20. The molecular weight excluding hydrogens is 820 g/mol. The lowest BCUT2D eigenvalue weighted by Gasteiger charge is -2.33. The van der Waals surface area contributed by atoms with Crippen LogP contribution in [0.3, 0.4) is 0 Å². The fourth-order valence-electron chi connectivity index (χ4n) is 6.96. The molecule has 0 radical (unpaired) electrons. The first kappa shape index (κ1) is 43.9. The molecule has 4 fully saturated rings. The van der Waals surface area contributed by atoms with E-state index in [1.807, 2.05) is 0 Å². The molecular formula is C32H32F12N8O6. The standard InChI is InChI=1S/2C16H16F6N4O3/c2*17-15(18,19)12(16(20,21)22)29-13(28)26-6-3-14(4-7-26)8-9(14)11(27)24-10-2-1-5-23-25-10/h2*1-2,5,9,12H,3-4,6-8H2,(H,24,25,27)/t2*9-/m10/s1. The van der Waals surface area contributed by atoms with Gasteiger partial charge in [0.25, 0.3) is 12.2 Å². The van der Waals surface area contributed by atoms with Crippen LogP contribution < -0.4 is 10.6 Å². The molecule has 2 aliphatic carbocycles. The molecule has 14 nitrogen and oxygen atoms in total. The number of anilines is 2. The second-order valence-electron chi connectivity index (χ2n) is 14.1. The second kappa shape index (κ2) is 16.2. The Morgan fingerprint density at radius 1 is 0.586 bits per heavy atom. The van der Waals surface area contributed by atoms with Crippen LogP contribution >= 0.6 is 0 Å². The minimum absolute atomic E-state index is 0.101. The smallest absolute Gasteiger partial charge is 0.426 e. The first-order valence-corrected chi connectivity index (χ1v) is 17.2. The maximum absolute atomic E-state index is 12.5. The summed E-state index contributed by atoms with van der Waals surface area (Å²) in [5, 5.41) is 19.9. The SMILES string of the molecule is O=C(Nc1cccnn1)[C@@H]1CC12CCN(C(=O)OC(C(F)(F)F)C(F)(F)F)CC2.O=C(Nc1cccnn1)[C@H]1CC12CCN(C(=O)OC(C(F)(F)F)C(F)(F)F)CC2. The lowest BCUT2D eigenvalue weighted by Crippen LogP contribution is -2.49. The number of piperidine rings is 2. The highest BCUT2D eigenvalue weighted by Gasteiger charge is 2.63. The molecule has 2 saturated heterocycles. The number of nitrogens with zero attached hydrogens (tertiary/aromatic N) is 6. The zero-order chi connectivity index (χ0) is 42.9. The molecule has 4 amide bonds. The zero-order valence-corrected chi connectivity index (χ0v) is 29.5. The summed E-state index contributed by atoms with van der Waals surface area (Å²) in [6, 6.07) is 6.28. The lowest BCUT2D eigenvalue weighted by molar-refractivity contribution is -0.309. The van der Waals surface area contributed by atoms with E-state index >= 15 is 0 Å². The summed E-state index contributed by atoms with van der Waals surface area (Å²) in [6.07, 6.45) is -29.8. The van der Waals surface area contributed by atoms with Crippen LogP contribution in [-0.2, 0) is 19.1 Å². The van der Waals surface area contributed by atoms with Crippen molar-refractivity contribution in [1.82, 2.24) is 30.2 Å². The number of hydrogen-bond donors (Lipinski definition) is 2. The summed E-state index contributed by atoms with van der Waals surface area (Å²) in [5.74, 6) is -0.801. The van der Waals surface area contributed by atoms with Gasteiger partial charge in [-0.1, -0.05) is 0 Å². The van der Waals surface area contributed by atoms with Crippen LogP contribution in [0, 0.1) is 22.7 Å². The number of amides is 4. The molecule has 58 heavy (non-hydrogen) atoms. The fourth-order valence-corrected chi connectivity index (χ4v) is 6.96.